The van der Waals surface area contributed by atoms with E-state index in [0.717, 1.165) is 32.4 Å². The van der Waals surface area contributed by atoms with Crippen LogP contribution in [0.4, 0.5) is 0 Å². The smallest absolute Gasteiger partial charge is 0.307 e. The fourth-order valence-electron chi connectivity index (χ4n) is 4.02. The van der Waals surface area contributed by atoms with E-state index in [1.54, 1.807) is 4.90 Å². The summed E-state index contributed by atoms with van der Waals surface area (Å²) in [6, 6.07) is 0. The third kappa shape index (κ3) is 8.45. The van der Waals surface area contributed by atoms with Gasteiger partial charge >= 0.3 is 5.97 Å². The lowest BCUT2D eigenvalue weighted by atomic mass is 9.92. The third-order valence-electron chi connectivity index (χ3n) is 5.96. The lowest BCUT2D eigenvalue weighted by Crippen LogP contribution is -2.58. The first-order chi connectivity index (χ1) is 14.6. The maximum absolute atomic E-state index is 12.8. The molecule has 0 saturated carbocycles. The Kier molecular flexibility index (Phi) is 9.24. The zero-order chi connectivity index (χ0) is 23.0. The Morgan fingerprint density at radius 3 is 2.45 bits per heavy atom. The first-order valence-electron chi connectivity index (χ1n) is 11.2. The van der Waals surface area contributed by atoms with E-state index in [2.05, 4.69) is 16.0 Å². The number of nitrogens with zero attached hydrogens (tertiary/aromatic N) is 1. The number of likely N-dealkylation sites (tertiary alicyclic amines) is 1. The van der Waals surface area contributed by atoms with Crippen LogP contribution in [0.25, 0.3) is 0 Å². The number of rotatable bonds is 9. The van der Waals surface area contributed by atoms with Gasteiger partial charge < -0.3 is 31.7 Å². The molecule has 0 aromatic heterocycles. The number of nitrogens with two attached hydrogens (primary N) is 1. The van der Waals surface area contributed by atoms with Crippen LogP contribution in [0, 0.1) is 11.8 Å². The van der Waals surface area contributed by atoms with Crippen molar-refractivity contribution in [3.63, 3.8) is 0 Å². The molecule has 2 rings (SSSR count). The van der Waals surface area contributed by atoms with Gasteiger partial charge in [-0.1, -0.05) is 0 Å². The molecular formula is C21H37N5O5. The standard InChI is InChI=1S/C21H37N5O5/c1-21(2,22)20(31)25-16(12-18(28)29)24-19(30)15-4-3-11-26(13-15)17(27)6-5-14-7-9-23-10-8-14/h14-16,23H,3-13,22H2,1-2H3,(H,24,30)(H,25,31)(H,28,29)/t15-,16+/m1/s1. The predicted molar refractivity (Wildman–Crippen MR) is 115 cm³/mol. The molecule has 0 spiro atoms. The van der Waals surface area contributed by atoms with Crippen molar-refractivity contribution >= 4 is 23.7 Å². The number of carboxylic acid groups (broad SMARTS) is 1. The molecule has 2 heterocycles. The second-order valence-corrected chi connectivity index (χ2v) is 9.27. The second-order valence-electron chi connectivity index (χ2n) is 9.27. The van der Waals surface area contributed by atoms with Gasteiger partial charge in [0.2, 0.25) is 17.7 Å². The number of carbonyl (C=O) groups excluding carboxylic acids is 3. The molecule has 3 amide bonds. The summed E-state index contributed by atoms with van der Waals surface area (Å²) in [5.41, 5.74) is 4.54. The number of piperidine rings is 2. The highest BCUT2D eigenvalue weighted by atomic mass is 16.4. The van der Waals surface area contributed by atoms with Crippen LogP contribution in [0.3, 0.4) is 0 Å². The average Bonchev–Trinajstić information content (AvgIpc) is 2.71. The van der Waals surface area contributed by atoms with Crippen LogP contribution in [0.2, 0.25) is 0 Å². The van der Waals surface area contributed by atoms with Gasteiger partial charge in [-0.25, -0.2) is 0 Å². The van der Waals surface area contributed by atoms with Gasteiger partial charge in [0.15, 0.2) is 0 Å². The Balaban J connectivity index is 1.88. The predicted octanol–water partition coefficient (Wildman–Crippen LogP) is -0.225. The highest BCUT2D eigenvalue weighted by Gasteiger charge is 2.32. The molecule has 2 aliphatic rings. The minimum atomic E-state index is -1.20. The van der Waals surface area contributed by atoms with Gasteiger partial charge in [-0.3, -0.25) is 19.2 Å². The van der Waals surface area contributed by atoms with E-state index in [4.69, 9.17) is 10.8 Å². The van der Waals surface area contributed by atoms with Gasteiger partial charge in [-0.2, -0.15) is 0 Å². The van der Waals surface area contributed by atoms with Crippen LogP contribution in [0.5, 0.6) is 0 Å². The molecule has 0 aromatic carbocycles. The minimum absolute atomic E-state index is 0.0660. The van der Waals surface area contributed by atoms with Crippen LogP contribution >= 0.6 is 0 Å². The lowest BCUT2D eigenvalue weighted by molar-refractivity contribution is -0.138. The van der Waals surface area contributed by atoms with Crippen LogP contribution in [-0.4, -0.2) is 71.6 Å². The zero-order valence-corrected chi connectivity index (χ0v) is 18.6. The van der Waals surface area contributed by atoms with Crippen molar-refractivity contribution in [2.75, 3.05) is 26.2 Å². The van der Waals surface area contributed by atoms with Crippen molar-refractivity contribution < 1.29 is 24.3 Å². The Labute approximate surface area is 183 Å². The number of carbonyl (C=O) groups is 4. The fourth-order valence-corrected chi connectivity index (χ4v) is 4.02. The quantitative estimate of drug-likeness (QED) is 0.311. The molecular weight excluding hydrogens is 402 g/mol. The van der Waals surface area contributed by atoms with Gasteiger partial charge in [0.1, 0.15) is 6.17 Å². The molecule has 10 nitrogen and oxygen atoms in total. The van der Waals surface area contributed by atoms with Crippen molar-refractivity contribution in [1.29, 1.82) is 0 Å². The average molecular weight is 440 g/mol. The van der Waals surface area contributed by atoms with E-state index >= 15 is 0 Å². The number of amides is 3. The van der Waals surface area contributed by atoms with Gasteiger partial charge in [0, 0.05) is 19.5 Å². The molecule has 2 atom stereocenters. The number of carboxylic acids is 1. The first-order valence-corrected chi connectivity index (χ1v) is 11.2. The van der Waals surface area contributed by atoms with E-state index in [-0.39, 0.29) is 11.8 Å². The van der Waals surface area contributed by atoms with Gasteiger partial charge in [0.05, 0.1) is 17.9 Å². The van der Waals surface area contributed by atoms with Crippen molar-refractivity contribution in [1.82, 2.24) is 20.9 Å². The maximum Gasteiger partial charge on any atom is 0.307 e. The largest absolute Gasteiger partial charge is 0.481 e. The number of aliphatic carboxylic acids is 1. The van der Waals surface area contributed by atoms with E-state index in [9.17, 15) is 19.2 Å². The summed E-state index contributed by atoms with van der Waals surface area (Å²) in [5.74, 6) is -1.87. The molecule has 6 N–H and O–H groups in total. The molecule has 10 heteroatoms. The Morgan fingerprint density at radius 2 is 1.84 bits per heavy atom. The summed E-state index contributed by atoms with van der Waals surface area (Å²) < 4.78 is 0. The molecule has 176 valence electrons. The van der Waals surface area contributed by atoms with Crippen LogP contribution < -0.4 is 21.7 Å². The Bertz CT molecular complexity index is 657. The first kappa shape index (κ1) is 25.1. The second kappa shape index (κ2) is 11.4. The lowest BCUT2D eigenvalue weighted by Gasteiger charge is -2.33. The summed E-state index contributed by atoms with van der Waals surface area (Å²) in [7, 11) is 0. The zero-order valence-electron chi connectivity index (χ0n) is 18.6. The summed E-state index contributed by atoms with van der Waals surface area (Å²) in [6.45, 7) is 5.94. The van der Waals surface area contributed by atoms with Crippen LogP contribution in [0.1, 0.15) is 58.8 Å². The molecule has 2 saturated heterocycles. The minimum Gasteiger partial charge on any atom is -0.481 e. The van der Waals surface area contributed by atoms with Gasteiger partial charge in [0.25, 0.3) is 0 Å². The van der Waals surface area contributed by atoms with Gasteiger partial charge in [-0.15, -0.1) is 0 Å². The highest BCUT2D eigenvalue weighted by molar-refractivity contribution is 5.87. The topological polar surface area (TPSA) is 154 Å². The number of hydrogen-bond donors (Lipinski definition) is 5. The summed E-state index contributed by atoms with van der Waals surface area (Å²) >= 11 is 0. The van der Waals surface area contributed by atoms with Crippen molar-refractivity contribution in [2.24, 2.45) is 17.6 Å². The van der Waals surface area contributed by atoms with Crippen LogP contribution in [-0.2, 0) is 19.2 Å². The molecule has 0 bridgehead atoms. The Morgan fingerprint density at radius 1 is 1.16 bits per heavy atom. The molecule has 0 aliphatic carbocycles. The van der Waals surface area contributed by atoms with E-state index < -0.39 is 35.9 Å². The normalized spacial score (nSPS) is 21.3. The number of nitrogens with one attached hydrogen (secondary N) is 3. The Hall–Kier alpha value is -2.20. The SMILES string of the molecule is CC(C)(N)C(=O)N[C@@H](CC(=O)O)NC(=O)[C@@H]1CCCN(C(=O)CCC2CCNCC2)C1. The molecule has 31 heavy (non-hydrogen) atoms. The molecule has 0 aromatic rings. The fraction of sp³-hybridized carbons (Fsp3) is 0.810. The maximum atomic E-state index is 12.8. The van der Waals surface area contributed by atoms with Crippen LogP contribution in [0.15, 0.2) is 0 Å². The summed E-state index contributed by atoms with van der Waals surface area (Å²) in [4.78, 5) is 50.4. The van der Waals surface area contributed by atoms with Crippen molar-refractivity contribution in [3.05, 3.63) is 0 Å². The summed E-state index contributed by atoms with van der Waals surface area (Å²) in [5, 5.41) is 17.5. The van der Waals surface area contributed by atoms with Crippen molar-refractivity contribution in [3.8, 4) is 0 Å². The number of hydrogen-bond acceptors (Lipinski definition) is 6. The molecule has 0 unspecified atom stereocenters. The molecule has 0 radical (unpaired) electrons. The van der Waals surface area contributed by atoms with Crippen molar-refractivity contribution in [2.45, 2.75) is 70.5 Å². The van der Waals surface area contributed by atoms with E-state index in [1.807, 2.05) is 0 Å². The monoisotopic (exact) mass is 439 g/mol. The molecule has 2 aliphatic heterocycles. The van der Waals surface area contributed by atoms with E-state index in [1.165, 1.54) is 13.8 Å². The third-order valence-corrected chi connectivity index (χ3v) is 5.96. The van der Waals surface area contributed by atoms with E-state index in [0.29, 0.717) is 38.3 Å². The molecule has 2 fully saturated rings. The highest BCUT2D eigenvalue weighted by Crippen LogP contribution is 2.21. The summed E-state index contributed by atoms with van der Waals surface area (Å²) in [6.07, 6.45) is 3.34. The van der Waals surface area contributed by atoms with Gasteiger partial charge in [-0.05, 0) is 65.0 Å².